The number of benzene rings is 2. The van der Waals surface area contributed by atoms with Crippen LogP contribution >= 0.6 is 0 Å². The van der Waals surface area contributed by atoms with Gasteiger partial charge in [0.25, 0.3) is 10.1 Å². The Balaban J connectivity index is 2.89. The van der Waals surface area contributed by atoms with Crippen LogP contribution in [0.2, 0.25) is 0 Å². The minimum Gasteiger partial charge on any atom is -0.398 e. The zero-order valence-corrected chi connectivity index (χ0v) is 9.03. The third-order valence-corrected chi connectivity index (χ3v) is 3.14. The van der Waals surface area contributed by atoms with E-state index >= 15 is 0 Å². The molecule has 2 aromatic rings. The Kier molecular flexibility index (Phi) is 2.25. The number of hydrogen-bond acceptors (Lipinski definition) is 4. The van der Waals surface area contributed by atoms with E-state index in [1.165, 1.54) is 12.1 Å². The van der Waals surface area contributed by atoms with Crippen molar-refractivity contribution in [2.45, 2.75) is 4.90 Å². The van der Waals surface area contributed by atoms with Crippen LogP contribution in [-0.4, -0.2) is 13.0 Å². The fraction of sp³-hybridized carbons (Fsp3) is 0. The van der Waals surface area contributed by atoms with E-state index in [0.29, 0.717) is 16.5 Å². The molecular weight excluding hydrogens is 228 g/mol. The molecule has 2 rings (SSSR count). The van der Waals surface area contributed by atoms with Gasteiger partial charge in [-0.3, -0.25) is 4.55 Å². The molecule has 6 heteroatoms. The number of hydrogen-bond donors (Lipinski definition) is 3. The number of rotatable bonds is 1. The van der Waals surface area contributed by atoms with E-state index in [2.05, 4.69) is 0 Å². The van der Waals surface area contributed by atoms with Gasteiger partial charge in [-0.1, -0.05) is 12.1 Å². The molecule has 2 aromatic carbocycles. The van der Waals surface area contributed by atoms with Gasteiger partial charge in [0.1, 0.15) is 0 Å². The fourth-order valence-electron chi connectivity index (χ4n) is 1.61. The summed E-state index contributed by atoms with van der Waals surface area (Å²) in [6, 6.07) is 7.55. The van der Waals surface area contributed by atoms with Crippen LogP contribution in [0.1, 0.15) is 0 Å². The lowest BCUT2D eigenvalue weighted by Gasteiger charge is -2.07. The molecular formula is C10H10N2O3S. The summed E-state index contributed by atoms with van der Waals surface area (Å²) in [5.41, 5.74) is 12.1. The van der Waals surface area contributed by atoms with Crippen LogP contribution < -0.4 is 11.5 Å². The quantitative estimate of drug-likeness (QED) is 0.512. The van der Waals surface area contributed by atoms with Crippen LogP contribution in [0, 0.1) is 0 Å². The maximum absolute atomic E-state index is 11.0. The molecule has 0 unspecified atom stereocenters. The molecule has 0 atom stereocenters. The van der Waals surface area contributed by atoms with Gasteiger partial charge >= 0.3 is 0 Å². The third kappa shape index (κ3) is 1.68. The predicted octanol–water partition coefficient (Wildman–Crippen LogP) is 1.25. The lowest BCUT2D eigenvalue weighted by Crippen LogP contribution is -2.01. The van der Waals surface area contributed by atoms with Gasteiger partial charge in [-0.15, -0.1) is 0 Å². The zero-order valence-electron chi connectivity index (χ0n) is 8.21. The molecule has 0 saturated carbocycles. The first-order valence-electron chi connectivity index (χ1n) is 4.45. The topological polar surface area (TPSA) is 106 Å². The summed E-state index contributed by atoms with van der Waals surface area (Å²) in [5, 5.41) is 1.17. The van der Waals surface area contributed by atoms with Crippen LogP contribution in [0.15, 0.2) is 35.2 Å². The molecule has 0 aliphatic heterocycles. The maximum atomic E-state index is 11.0. The minimum atomic E-state index is -4.25. The summed E-state index contributed by atoms with van der Waals surface area (Å²) < 4.78 is 30.9. The Bertz CT molecular complexity index is 665. The first-order valence-corrected chi connectivity index (χ1v) is 5.89. The number of nitrogen functional groups attached to an aromatic ring is 2. The SMILES string of the molecule is Nc1cccc2cc(S(=O)(=O)O)cc(N)c12. The van der Waals surface area contributed by atoms with Crippen molar-refractivity contribution in [3.05, 3.63) is 30.3 Å². The summed E-state index contributed by atoms with van der Waals surface area (Å²) in [6.07, 6.45) is 0. The van der Waals surface area contributed by atoms with Gasteiger partial charge in [0.05, 0.1) is 4.90 Å². The molecule has 0 radical (unpaired) electrons. The normalized spacial score (nSPS) is 11.8. The van der Waals surface area contributed by atoms with Crippen molar-refractivity contribution >= 4 is 32.3 Å². The molecule has 5 nitrogen and oxygen atoms in total. The molecule has 0 heterocycles. The largest absolute Gasteiger partial charge is 0.398 e. The Morgan fingerprint density at radius 1 is 1.06 bits per heavy atom. The second-order valence-corrected chi connectivity index (χ2v) is 4.85. The molecule has 0 spiro atoms. The number of anilines is 2. The van der Waals surface area contributed by atoms with E-state index in [4.69, 9.17) is 16.0 Å². The summed E-state index contributed by atoms with van der Waals surface area (Å²) in [5.74, 6) is 0. The van der Waals surface area contributed by atoms with Crippen molar-refractivity contribution in [3.8, 4) is 0 Å². The Labute approximate surface area is 92.4 Å². The lowest BCUT2D eigenvalue weighted by atomic mass is 10.1. The fourth-order valence-corrected chi connectivity index (χ4v) is 2.16. The molecule has 0 amide bonds. The molecule has 0 saturated heterocycles. The van der Waals surface area contributed by atoms with Gasteiger partial charge in [0.2, 0.25) is 0 Å². The second-order valence-electron chi connectivity index (χ2n) is 3.43. The second kappa shape index (κ2) is 3.36. The van der Waals surface area contributed by atoms with Crippen LogP contribution in [0.4, 0.5) is 11.4 Å². The van der Waals surface area contributed by atoms with Crippen molar-refractivity contribution in [2.75, 3.05) is 11.5 Å². The highest BCUT2D eigenvalue weighted by molar-refractivity contribution is 7.85. The molecule has 16 heavy (non-hydrogen) atoms. The van der Waals surface area contributed by atoms with E-state index in [1.54, 1.807) is 18.2 Å². The highest BCUT2D eigenvalue weighted by atomic mass is 32.2. The average Bonchev–Trinajstić information content (AvgIpc) is 2.15. The first kappa shape index (κ1) is 10.7. The minimum absolute atomic E-state index is 0.225. The highest BCUT2D eigenvalue weighted by Crippen LogP contribution is 2.29. The molecule has 0 bridgehead atoms. The molecule has 5 N–H and O–H groups in total. The third-order valence-electron chi connectivity index (χ3n) is 2.31. The van der Waals surface area contributed by atoms with Crippen LogP contribution in [-0.2, 0) is 10.1 Å². The van der Waals surface area contributed by atoms with Gasteiger partial charge in [0.15, 0.2) is 0 Å². The van der Waals surface area contributed by atoms with E-state index < -0.39 is 10.1 Å². The van der Waals surface area contributed by atoms with Crippen molar-refractivity contribution in [2.24, 2.45) is 0 Å². The molecule has 84 valence electrons. The monoisotopic (exact) mass is 238 g/mol. The Morgan fingerprint density at radius 3 is 2.38 bits per heavy atom. The van der Waals surface area contributed by atoms with Crippen molar-refractivity contribution in [1.82, 2.24) is 0 Å². The predicted molar refractivity (Wildman–Crippen MR) is 62.6 cm³/mol. The number of fused-ring (bicyclic) bond motifs is 1. The van der Waals surface area contributed by atoms with Crippen molar-refractivity contribution in [3.63, 3.8) is 0 Å². The highest BCUT2D eigenvalue weighted by Gasteiger charge is 2.13. The molecule has 0 fully saturated rings. The van der Waals surface area contributed by atoms with E-state index in [9.17, 15) is 8.42 Å². The van der Waals surface area contributed by atoms with Gasteiger partial charge in [-0.05, 0) is 23.6 Å². The summed E-state index contributed by atoms with van der Waals surface area (Å²) in [6.45, 7) is 0. The van der Waals surface area contributed by atoms with Crippen LogP contribution in [0.3, 0.4) is 0 Å². The summed E-state index contributed by atoms with van der Waals surface area (Å²) in [7, 11) is -4.25. The first-order chi connectivity index (χ1) is 7.39. The van der Waals surface area contributed by atoms with Gasteiger partial charge in [-0.2, -0.15) is 8.42 Å². The van der Waals surface area contributed by atoms with Gasteiger partial charge < -0.3 is 11.5 Å². The van der Waals surface area contributed by atoms with Gasteiger partial charge in [-0.25, -0.2) is 0 Å². The molecule has 0 aromatic heterocycles. The van der Waals surface area contributed by atoms with E-state index in [-0.39, 0.29) is 10.6 Å². The van der Waals surface area contributed by atoms with E-state index in [0.717, 1.165) is 0 Å². The van der Waals surface area contributed by atoms with Crippen molar-refractivity contribution < 1.29 is 13.0 Å². The summed E-state index contributed by atoms with van der Waals surface area (Å²) >= 11 is 0. The Hall–Kier alpha value is -1.79. The van der Waals surface area contributed by atoms with Crippen LogP contribution in [0.5, 0.6) is 0 Å². The standard InChI is InChI=1S/C10H10N2O3S/c11-8-3-1-2-6-4-7(16(13,14)15)5-9(12)10(6)8/h1-5H,11-12H2,(H,13,14,15). The lowest BCUT2D eigenvalue weighted by molar-refractivity contribution is 0.483. The summed E-state index contributed by atoms with van der Waals surface area (Å²) in [4.78, 5) is -0.233. The average molecular weight is 238 g/mol. The maximum Gasteiger partial charge on any atom is 0.294 e. The Morgan fingerprint density at radius 2 is 1.75 bits per heavy atom. The van der Waals surface area contributed by atoms with Crippen molar-refractivity contribution in [1.29, 1.82) is 0 Å². The van der Waals surface area contributed by atoms with Crippen LogP contribution in [0.25, 0.3) is 10.8 Å². The van der Waals surface area contributed by atoms with Gasteiger partial charge in [0, 0.05) is 16.8 Å². The zero-order chi connectivity index (χ0) is 11.9. The smallest absolute Gasteiger partial charge is 0.294 e. The van der Waals surface area contributed by atoms with E-state index in [1.807, 2.05) is 0 Å². The molecule has 0 aliphatic rings. The molecule has 0 aliphatic carbocycles. The number of nitrogens with two attached hydrogens (primary N) is 2.